The number of benzene rings is 3. The minimum atomic E-state index is 0.00589. The van der Waals surface area contributed by atoms with Crippen molar-refractivity contribution in [2.24, 2.45) is 5.73 Å². The molecular weight excluding hydrogens is 408 g/mol. The molecule has 5 heteroatoms. The number of nitrogens with zero attached hydrogens (tertiary/aromatic N) is 3. The topological polar surface area (TPSA) is 56.3 Å². The predicted octanol–water partition coefficient (Wildman–Crippen LogP) is 5.48. The minimum absolute atomic E-state index is 0.00589. The molecule has 0 aliphatic rings. The van der Waals surface area contributed by atoms with Gasteiger partial charge in [0.05, 0.1) is 24.2 Å². The van der Waals surface area contributed by atoms with Crippen molar-refractivity contribution >= 4 is 16.7 Å². The zero-order chi connectivity index (χ0) is 23.2. The smallest absolute Gasteiger partial charge is 0.132 e. The molecule has 33 heavy (non-hydrogen) atoms. The van der Waals surface area contributed by atoms with Gasteiger partial charge in [0.15, 0.2) is 0 Å². The minimum Gasteiger partial charge on any atom is -0.497 e. The molecule has 1 atom stereocenters. The number of hydrogen-bond acceptors (Lipinski definition) is 4. The summed E-state index contributed by atoms with van der Waals surface area (Å²) in [5, 5.41) is 0. The molecule has 0 spiro atoms. The first-order valence-electron chi connectivity index (χ1n) is 11.4. The van der Waals surface area contributed by atoms with E-state index in [4.69, 9.17) is 15.5 Å². The molecule has 170 valence electrons. The van der Waals surface area contributed by atoms with Gasteiger partial charge in [-0.15, -0.1) is 0 Å². The van der Waals surface area contributed by atoms with E-state index in [1.54, 1.807) is 7.11 Å². The molecule has 0 aliphatic carbocycles. The lowest BCUT2D eigenvalue weighted by molar-refractivity contribution is 0.299. The average molecular weight is 441 g/mol. The van der Waals surface area contributed by atoms with Crippen LogP contribution in [0.1, 0.15) is 36.3 Å². The van der Waals surface area contributed by atoms with Crippen molar-refractivity contribution in [3.8, 4) is 5.75 Å². The molecule has 0 amide bonds. The van der Waals surface area contributed by atoms with Gasteiger partial charge < -0.3 is 19.9 Å². The molecule has 3 aromatic carbocycles. The molecule has 0 aliphatic heterocycles. The van der Waals surface area contributed by atoms with E-state index in [-0.39, 0.29) is 6.04 Å². The Kier molecular flexibility index (Phi) is 7.10. The van der Waals surface area contributed by atoms with Crippen LogP contribution in [0.15, 0.2) is 85.4 Å². The Morgan fingerprint density at radius 2 is 1.82 bits per heavy atom. The highest BCUT2D eigenvalue weighted by atomic mass is 16.5. The third-order valence-corrected chi connectivity index (χ3v) is 6.06. The standard InChI is InChI=1S/C28H32N4O/c1-21(24-13-9-14-25(19-24)33-3)31(18-10-17-29)22(2)28-30-26-15-7-8-16-27(26)32(28)20-23-11-5-4-6-12-23/h4-9,11-16,19,22H,1,10,17-18,20,29H2,2-3H3. The first-order chi connectivity index (χ1) is 16.1. The fraction of sp³-hybridized carbons (Fsp3) is 0.250. The average Bonchev–Trinajstić information content (AvgIpc) is 3.23. The first-order valence-corrected chi connectivity index (χ1v) is 11.4. The predicted molar refractivity (Wildman–Crippen MR) is 136 cm³/mol. The zero-order valence-electron chi connectivity index (χ0n) is 19.4. The quantitative estimate of drug-likeness (QED) is 0.355. The van der Waals surface area contributed by atoms with Crippen molar-refractivity contribution in [2.45, 2.75) is 25.9 Å². The molecule has 2 N–H and O–H groups in total. The van der Waals surface area contributed by atoms with Crippen molar-refractivity contribution in [3.63, 3.8) is 0 Å². The second kappa shape index (κ2) is 10.4. The van der Waals surface area contributed by atoms with Crippen molar-refractivity contribution in [1.29, 1.82) is 0 Å². The molecule has 1 aromatic heterocycles. The summed E-state index contributed by atoms with van der Waals surface area (Å²) in [4.78, 5) is 7.38. The Bertz CT molecular complexity index is 1220. The number of aromatic nitrogens is 2. The monoisotopic (exact) mass is 440 g/mol. The van der Waals surface area contributed by atoms with Crippen LogP contribution in [-0.4, -0.2) is 34.7 Å². The van der Waals surface area contributed by atoms with Crippen LogP contribution >= 0.6 is 0 Å². The van der Waals surface area contributed by atoms with Crippen molar-refractivity contribution < 1.29 is 4.74 Å². The summed E-state index contributed by atoms with van der Waals surface area (Å²) in [6.07, 6.45) is 0.867. The van der Waals surface area contributed by atoms with Crippen LogP contribution in [0.25, 0.3) is 16.7 Å². The van der Waals surface area contributed by atoms with Crippen molar-refractivity contribution in [1.82, 2.24) is 14.5 Å². The van der Waals surface area contributed by atoms with E-state index >= 15 is 0 Å². The molecule has 1 heterocycles. The van der Waals surface area contributed by atoms with E-state index in [1.807, 2.05) is 30.3 Å². The van der Waals surface area contributed by atoms with E-state index < -0.39 is 0 Å². The molecule has 0 fully saturated rings. The lowest BCUT2D eigenvalue weighted by atomic mass is 10.1. The van der Waals surface area contributed by atoms with Crippen LogP contribution in [-0.2, 0) is 6.54 Å². The molecule has 4 aromatic rings. The number of nitrogens with two attached hydrogens (primary N) is 1. The molecule has 0 radical (unpaired) electrons. The van der Waals surface area contributed by atoms with E-state index in [2.05, 4.69) is 71.5 Å². The fourth-order valence-corrected chi connectivity index (χ4v) is 4.28. The fourth-order valence-electron chi connectivity index (χ4n) is 4.28. The summed E-state index contributed by atoms with van der Waals surface area (Å²) in [5.41, 5.74) is 11.2. The van der Waals surface area contributed by atoms with Crippen LogP contribution in [0.3, 0.4) is 0 Å². The largest absolute Gasteiger partial charge is 0.497 e. The third kappa shape index (κ3) is 4.94. The highest BCUT2D eigenvalue weighted by Crippen LogP contribution is 2.32. The summed E-state index contributed by atoms with van der Waals surface area (Å²) in [7, 11) is 1.68. The molecular formula is C28H32N4O. The number of para-hydroxylation sites is 2. The first kappa shape index (κ1) is 22.6. The van der Waals surface area contributed by atoms with Gasteiger partial charge in [-0.25, -0.2) is 4.98 Å². The second-order valence-electron chi connectivity index (χ2n) is 8.22. The number of imidazole rings is 1. The second-order valence-corrected chi connectivity index (χ2v) is 8.22. The third-order valence-electron chi connectivity index (χ3n) is 6.06. The van der Waals surface area contributed by atoms with E-state index in [0.29, 0.717) is 6.54 Å². The normalized spacial score (nSPS) is 12.0. The van der Waals surface area contributed by atoms with Crippen LogP contribution in [0.2, 0.25) is 0 Å². The zero-order valence-corrected chi connectivity index (χ0v) is 19.4. The number of methoxy groups -OCH3 is 1. The summed E-state index contributed by atoms with van der Waals surface area (Å²) in [6.45, 7) is 8.83. The van der Waals surface area contributed by atoms with E-state index in [9.17, 15) is 0 Å². The highest BCUT2D eigenvalue weighted by Gasteiger charge is 2.24. The lowest BCUT2D eigenvalue weighted by Crippen LogP contribution is -2.30. The number of ether oxygens (including phenoxy) is 1. The summed E-state index contributed by atoms with van der Waals surface area (Å²) < 4.78 is 7.76. The number of rotatable bonds is 10. The van der Waals surface area contributed by atoms with Crippen LogP contribution < -0.4 is 10.5 Å². The van der Waals surface area contributed by atoms with E-state index in [1.165, 1.54) is 5.56 Å². The maximum atomic E-state index is 5.90. The number of hydrogen-bond donors (Lipinski definition) is 1. The Balaban J connectivity index is 1.75. The van der Waals surface area contributed by atoms with Gasteiger partial charge in [0.2, 0.25) is 0 Å². The van der Waals surface area contributed by atoms with Crippen molar-refractivity contribution in [3.05, 3.63) is 102 Å². The Morgan fingerprint density at radius 3 is 2.58 bits per heavy atom. The molecule has 4 rings (SSSR count). The Labute approximate surface area is 196 Å². The summed E-state index contributed by atoms with van der Waals surface area (Å²) >= 11 is 0. The Hall–Kier alpha value is -3.57. The highest BCUT2D eigenvalue weighted by molar-refractivity contribution is 5.76. The SMILES string of the molecule is C=C(c1cccc(OC)c1)N(CCCN)C(C)c1nc2ccccc2n1Cc1ccccc1. The van der Waals surface area contributed by atoms with Gasteiger partial charge >= 0.3 is 0 Å². The summed E-state index contributed by atoms with van der Waals surface area (Å²) in [6, 6.07) is 26.9. The van der Waals surface area contributed by atoms with Crippen LogP contribution in [0.4, 0.5) is 0 Å². The van der Waals surface area contributed by atoms with Gasteiger partial charge in [-0.05, 0) is 49.7 Å². The molecule has 0 saturated heterocycles. The maximum Gasteiger partial charge on any atom is 0.132 e. The molecule has 1 unspecified atom stereocenters. The van der Waals surface area contributed by atoms with Gasteiger partial charge in [0, 0.05) is 24.4 Å². The van der Waals surface area contributed by atoms with Crippen molar-refractivity contribution in [2.75, 3.05) is 20.2 Å². The van der Waals surface area contributed by atoms with Gasteiger partial charge in [-0.2, -0.15) is 0 Å². The van der Waals surface area contributed by atoms with E-state index in [0.717, 1.165) is 53.4 Å². The molecule has 5 nitrogen and oxygen atoms in total. The van der Waals surface area contributed by atoms with Crippen LogP contribution in [0.5, 0.6) is 5.75 Å². The van der Waals surface area contributed by atoms with Gasteiger partial charge in [-0.1, -0.05) is 61.2 Å². The molecule has 0 bridgehead atoms. The number of fused-ring (bicyclic) bond motifs is 1. The van der Waals surface area contributed by atoms with Gasteiger partial charge in [-0.3, -0.25) is 0 Å². The maximum absolute atomic E-state index is 5.90. The lowest BCUT2D eigenvalue weighted by Gasteiger charge is -2.33. The summed E-state index contributed by atoms with van der Waals surface area (Å²) in [5.74, 6) is 1.83. The van der Waals surface area contributed by atoms with Gasteiger partial charge in [0.1, 0.15) is 11.6 Å². The van der Waals surface area contributed by atoms with Crippen LogP contribution in [0, 0.1) is 0 Å². The van der Waals surface area contributed by atoms with Gasteiger partial charge in [0.25, 0.3) is 0 Å². The Morgan fingerprint density at radius 1 is 1.06 bits per heavy atom. The molecule has 0 saturated carbocycles.